The maximum Gasteiger partial charge on any atom is 0.158 e. The van der Waals surface area contributed by atoms with Crippen LogP contribution in [0.4, 0.5) is 4.39 Å². The van der Waals surface area contributed by atoms with Crippen molar-refractivity contribution < 1.29 is 14.3 Å². The molecule has 1 aromatic rings. The minimum Gasteiger partial charge on any atom is -0.390 e. The third kappa shape index (κ3) is 3.26. The fourth-order valence-corrected chi connectivity index (χ4v) is 8.30. The van der Waals surface area contributed by atoms with Gasteiger partial charge in [0, 0.05) is 12.1 Å². The van der Waals surface area contributed by atoms with E-state index in [1.165, 1.54) is 0 Å². The summed E-state index contributed by atoms with van der Waals surface area (Å²) in [5, 5.41) is 19.5. The summed E-state index contributed by atoms with van der Waals surface area (Å²) in [7, 11) is 0. The van der Waals surface area contributed by atoms with Crippen LogP contribution in [-0.2, 0) is 11.3 Å². The van der Waals surface area contributed by atoms with Crippen molar-refractivity contribution in [2.75, 3.05) is 0 Å². The van der Waals surface area contributed by atoms with Crippen molar-refractivity contribution in [2.45, 2.75) is 89.4 Å². The van der Waals surface area contributed by atoms with Crippen molar-refractivity contribution in [3.8, 4) is 6.07 Å². The van der Waals surface area contributed by atoms with Gasteiger partial charge in [-0.25, -0.2) is 9.37 Å². The van der Waals surface area contributed by atoms with Gasteiger partial charge in [0.25, 0.3) is 0 Å². The molecule has 5 nitrogen and oxygen atoms in total. The summed E-state index contributed by atoms with van der Waals surface area (Å²) in [6.07, 6.45) is 10.4. The third-order valence-corrected chi connectivity index (χ3v) is 9.79. The van der Waals surface area contributed by atoms with Gasteiger partial charge in [-0.1, -0.05) is 6.92 Å². The molecule has 0 radical (unpaired) electrons. The predicted octanol–water partition coefficient (Wildman–Crippen LogP) is 4.44. The molecule has 0 aromatic carbocycles. The summed E-state index contributed by atoms with van der Waals surface area (Å²) in [6.45, 7) is 4.41. The highest BCUT2D eigenvalue weighted by Gasteiger charge is 2.63. The number of carbonyl (C=O) groups is 1. The highest BCUT2D eigenvalue weighted by Crippen LogP contribution is 2.66. The Hall–Kier alpha value is -1.74. The number of alkyl halides is 1. The van der Waals surface area contributed by atoms with Crippen LogP contribution in [0, 0.1) is 46.3 Å². The number of imidazole rings is 1. The number of nitrogens with zero attached hydrogens (tertiary/aromatic N) is 3. The van der Waals surface area contributed by atoms with Gasteiger partial charge in [0.2, 0.25) is 0 Å². The van der Waals surface area contributed by atoms with Crippen LogP contribution in [0.5, 0.6) is 0 Å². The number of hydrogen-bond donors (Lipinski definition) is 1. The van der Waals surface area contributed by atoms with Gasteiger partial charge in [-0.2, -0.15) is 5.26 Å². The highest BCUT2D eigenvalue weighted by molar-refractivity contribution is 5.82. The summed E-state index contributed by atoms with van der Waals surface area (Å²) in [4.78, 5) is 17.3. The fourth-order valence-electron chi connectivity index (χ4n) is 8.30. The second-order valence-corrected chi connectivity index (χ2v) is 11.5. The Kier molecular flexibility index (Phi) is 4.86. The number of hydrogen-bond acceptors (Lipinski definition) is 4. The van der Waals surface area contributed by atoms with Gasteiger partial charge in [0.15, 0.2) is 11.5 Å². The molecule has 1 heterocycles. The molecular formula is C25H34FN3O2. The zero-order chi connectivity index (χ0) is 22.0. The Balaban J connectivity index is 1.34. The SMILES string of the molecule is C[C@@]1(O)CC[C@@]2(F)[C@H](CC[C@H]3[C@@H]4CC[C@H](C(=O)Cn5cnc(C#N)c5)[C@@]4(C)CC[C@@H]32)C1. The minimum atomic E-state index is -1.14. The molecular weight excluding hydrogens is 393 g/mol. The number of Topliss-reactive ketones (excluding diaryl/α,β-unsaturated/α-hetero) is 1. The van der Waals surface area contributed by atoms with E-state index < -0.39 is 11.3 Å². The molecule has 0 aliphatic heterocycles. The first-order valence-corrected chi connectivity index (χ1v) is 12.0. The molecule has 1 N–H and O–H groups in total. The fraction of sp³-hybridized carbons (Fsp3) is 0.800. The lowest BCUT2D eigenvalue weighted by Crippen LogP contribution is -2.58. The van der Waals surface area contributed by atoms with Crippen LogP contribution >= 0.6 is 0 Å². The van der Waals surface area contributed by atoms with Crippen LogP contribution in [-0.4, -0.2) is 31.7 Å². The number of aromatic nitrogens is 2. The number of ketones is 1. The quantitative estimate of drug-likeness (QED) is 0.774. The topological polar surface area (TPSA) is 78.9 Å². The molecule has 1 aromatic heterocycles. The predicted molar refractivity (Wildman–Crippen MR) is 114 cm³/mol. The average Bonchev–Trinajstić information content (AvgIpc) is 3.31. The summed E-state index contributed by atoms with van der Waals surface area (Å²) >= 11 is 0. The summed E-state index contributed by atoms with van der Waals surface area (Å²) < 4.78 is 18.2. The van der Waals surface area contributed by atoms with Crippen molar-refractivity contribution in [1.29, 1.82) is 5.26 Å². The van der Waals surface area contributed by atoms with Gasteiger partial charge in [-0.15, -0.1) is 0 Å². The first-order chi connectivity index (χ1) is 14.7. The second-order valence-electron chi connectivity index (χ2n) is 11.5. The Labute approximate surface area is 184 Å². The maximum atomic E-state index is 16.4. The Morgan fingerprint density at radius 1 is 1.23 bits per heavy atom. The van der Waals surface area contributed by atoms with E-state index in [1.807, 2.05) is 13.0 Å². The monoisotopic (exact) mass is 427 g/mol. The van der Waals surface area contributed by atoms with Crippen molar-refractivity contribution in [1.82, 2.24) is 9.55 Å². The molecule has 0 spiro atoms. The molecule has 0 amide bonds. The molecule has 4 fully saturated rings. The number of aliphatic hydroxyl groups is 1. The van der Waals surface area contributed by atoms with E-state index in [2.05, 4.69) is 11.9 Å². The number of rotatable bonds is 3. The summed E-state index contributed by atoms with van der Waals surface area (Å²) in [6, 6.07) is 2.01. The van der Waals surface area contributed by atoms with E-state index >= 15 is 4.39 Å². The Morgan fingerprint density at radius 3 is 2.77 bits per heavy atom. The molecule has 0 bridgehead atoms. The van der Waals surface area contributed by atoms with Crippen LogP contribution in [0.25, 0.3) is 0 Å². The third-order valence-electron chi connectivity index (χ3n) is 9.79. The number of fused-ring (bicyclic) bond motifs is 5. The molecule has 0 unspecified atom stereocenters. The number of halogens is 1. The van der Waals surface area contributed by atoms with E-state index in [9.17, 15) is 9.90 Å². The normalized spacial score (nSPS) is 46.5. The lowest BCUT2D eigenvalue weighted by molar-refractivity contribution is -0.165. The van der Waals surface area contributed by atoms with Crippen molar-refractivity contribution in [2.24, 2.45) is 35.0 Å². The van der Waals surface area contributed by atoms with Crippen LogP contribution < -0.4 is 0 Å². The van der Waals surface area contributed by atoms with Gasteiger partial charge in [-0.05, 0) is 93.8 Å². The first-order valence-electron chi connectivity index (χ1n) is 12.0. The Bertz CT molecular complexity index is 920. The smallest absolute Gasteiger partial charge is 0.158 e. The molecule has 8 atom stereocenters. The standard InChI is InChI=1S/C25H34FN3O2/c1-23(31)9-10-25(26)16(11-23)3-4-18-19-5-6-21(24(19,2)8-7-20(18)25)22(30)14-29-13-17(12-27)28-15-29/h13,15-16,18-21,31H,3-11,14H2,1-2H3/t16-,18+,19+,20+,21-,23-,24+,25-/m1/s1. The molecule has 4 saturated carbocycles. The highest BCUT2D eigenvalue weighted by atomic mass is 19.1. The molecule has 6 heteroatoms. The Morgan fingerprint density at radius 2 is 2.03 bits per heavy atom. The molecule has 0 saturated heterocycles. The molecule has 31 heavy (non-hydrogen) atoms. The summed E-state index contributed by atoms with van der Waals surface area (Å²) in [5.74, 6) is 1.07. The molecule has 168 valence electrons. The lowest BCUT2D eigenvalue weighted by Gasteiger charge is -2.59. The second kappa shape index (κ2) is 7.13. The first kappa shape index (κ1) is 21.1. The molecule has 5 rings (SSSR count). The van der Waals surface area contributed by atoms with Gasteiger partial charge in [0.1, 0.15) is 11.7 Å². The van der Waals surface area contributed by atoms with Gasteiger partial charge >= 0.3 is 0 Å². The zero-order valence-electron chi connectivity index (χ0n) is 18.7. The van der Waals surface area contributed by atoms with Crippen molar-refractivity contribution >= 4 is 5.78 Å². The maximum absolute atomic E-state index is 16.4. The van der Waals surface area contributed by atoms with Crippen LogP contribution in [0.3, 0.4) is 0 Å². The van der Waals surface area contributed by atoms with E-state index in [1.54, 1.807) is 17.1 Å². The molecule has 4 aliphatic rings. The van der Waals surface area contributed by atoms with E-state index in [0.29, 0.717) is 36.8 Å². The van der Waals surface area contributed by atoms with Gasteiger partial charge in [0.05, 0.1) is 18.5 Å². The largest absolute Gasteiger partial charge is 0.390 e. The summed E-state index contributed by atoms with van der Waals surface area (Å²) in [5.41, 5.74) is -1.58. The van der Waals surface area contributed by atoms with Crippen molar-refractivity contribution in [3.05, 3.63) is 18.2 Å². The van der Waals surface area contributed by atoms with E-state index in [0.717, 1.165) is 38.5 Å². The zero-order valence-corrected chi connectivity index (χ0v) is 18.7. The van der Waals surface area contributed by atoms with Crippen LogP contribution in [0.1, 0.15) is 77.3 Å². The van der Waals surface area contributed by atoms with Crippen LogP contribution in [0.15, 0.2) is 12.5 Å². The molecule has 4 aliphatic carbocycles. The van der Waals surface area contributed by atoms with Crippen LogP contribution in [0.2, 0.25) is 0 Å². The number of nitriles is 1. The average molecular weight is 428 g/mol. The van der Waals surface area contributed by atoms with E-state index in [-0.39, 0.29) is 35.5 Å². The van der Waals surface area contributed by atoms with Gasteiger partial charge < -0.3 is 9.67 Å². The van der Waals surface area contributed by atoms with Gasteiger partial charge in [-0.3, -0.25) is 4.79 Å². The van der Waals surface area contributed by atoms with Crippen molar-refractivity contribution in [3.63, 3.8) is 0 Å². The number of carbonyl (C=O) groups excluding carboxylic acids is 1. The minimum absolute atomic E-state index is 0.00626. The van der Waals surface area contributed by atoms with E-state index in [4.69, 9.17) is 5.26 Å². The lowest BCUT2D eigenvalue weighted by atomic mass is 9.48.